The summed E-state index contributed by atoms with van der Waals surface area (Å²) in [4.78, 5) is 27.4. The molecule has 28 heavy (non-hydrogen) atoms. The molecule has 1 saturated heterocycles. The molecular weight excluding hydrogens is 378 g/mol. The van der Waals surface area contributed by atoms with Crippen molar-refractivity contribution in [2.75, 3.05) is 20.2 Å². The van der Waals surface area contributed by atoms with Gasteiger partial charge in [0, 0.05) is 24.5 Å². The van der Waals surface area contributed by atoms with Crippen LogP contribution in [0.25, 0.3) is 0 Å². The van der Waals surface area contributed by atoms with E-state index < -0.39 is 11.5 Å². The molecule has 4 rings (SSSR count). The Balaban J connectivity index is 1.47. The second kappa shape index (κ2) is 7.47. The van der Waals surface area contributed by atoms with Crippen LogP contribution in [0.4, 0.5) is 0 Å². The van der Waals surface area contributed by atoms with Gasteiger partial charge in [-0.1, -0.05) is 41.9 Å². The molecule has 1 unspecified atom stereocenters. The van der Waals surface area contributed by atoms with Gasteiger partial charge in [0.05, 0.1) is 12.5 Å². The zero-order valence-electron chi connectivity index (χ0n) is 15.7. The normalized spacial score (nSPS) is 20.2. The average molecular weight is 400 g/mol. The Morgan fingerprint density at radius 2 is 1.86 bits per heavy atom. The predicted octanol–water partition coefficient (Wildman–Crippen LogP) is 3.38. The number of piperidine rings is 1. The van der Waals surface area contributed by atoms with Crippen LogP contribution in [-0.4, -0.2) is 43.1 Å². The molecule has 0 radical (unpaired) electrons. The van der Waals surface area contributed by atoms with E-state index in [0.29, 0.717) is 43.1 Å². The Bertz CT molecular complexity index is 891. The van der Waals surface area contributed by atoms with Gasteiger partial charge in [0.2, 0.25) is 0 Å². The van der Waals surface area contributed by atoms with Crippen LogP contribution in [0, 0.1) is 0 Å². The zero-order chi connectivity index (χ0) is 19.7. The van der Waals surface area contributed by atoms with Crippen molar-refractivity contribution in [2.45, 2.75) is 30.8 Å². The van der Waals surface area contributed by atoms with Crippen molar-refractivity contribution < 1.29 is 19.1 Å². The molecule has 1 atom stereocenters. The van der Waals surface area contributed by atoms with Crippen molar-refractivity contribution in [3.63, 3.8) is 0 Å². The van der Waals surface area contributed by atoms with Gasteiger partial charge in [0.1, 0.15) is 5.75 Å². The maximum atomic E-state index is 13.0. The van der Waals surface area contributed by atoms with Crippen molar-refractivity contribution >= 4 is 23.5 Å². The summed E-state index contributed by atoms with van der Waals surface area (Å²) in [5, 5.41) is 0.638. The second-order valence-electron chi connectivity index (χ2n) is 7.33. The van der Waals surface area contributed by atoms with Gasteiger partial charge in [-0.3, -0.25) is 9.59 Å². The standard InChI is InChI=1S/C22H22ClNO4/c1-27-21(26)22(16-5-3-2-4-6-16)9-11-24(12-10-22)20(25)19-14-15-13-17(23)7-8-18(15)28-19/h2-8,13,19H,9-12,14H2,1H3. The number of likely N-dealkylation sites (tertiary alicyclic amines) is 1. The molecule has 0 aliphatic carbocycles. The molecule has 6 heteroatoms. The number of carbonyl (C=O) groups is 2. The minimum absolute atomic E-state index is 0.0427. The van der Waals surface area contributed by atoms with Crippen molar-refractivity contribution in [1.82, 2.24) is 4.90 Å². The van der Waals surface area contributed by atoms with Crippen LogP contribution in [-0.2, 0) is 26.2 Å². The molecule has 146 valence electrons. The number of hydrogen-bond acceptors (Lipinski definition) is 4. The molecule has 2 heterocycles. The van der Waals surface area contributed by atoms with Crippen LogP contribution in [0.2, 0.25) is 5.02 Å². The zero-order valence-corrected chi connectivity index (χ0v) is 16.4. The summed E-state index contributed by atoms with van der Waals surface area (Å²) in [5.41, 5.74) is 1.18. The van der Waals surface area contributed by atoms with Crippen LogP contribution in [0.15, 0.2) is 48.5 Å². The molecule has 2 aromatic carbocycles. The first-order valence-corrected chi connectivity index (χ1v) is 9.79. The van der Waals surface area contributed by atoms with Crippen molar-refractivity contribution in [1.29, 1.82) is 0 Å². The summed E-state index contributed by atoms with van der Waals surface area (Å²) in [5.74, 6) is 0.428. The lowest BCUT2D eigenvalue weighted by Gasteiger charge is -2.40. The van der Waals surface area contributed by atoms with Gasteiger partial charge < -0.3 is 14.4 Å². The Morgan fingerprint density at radius 1 is 1.14 bits per heavy atom. The van der Waals surface area contributed by atoms with E-state index in [-0.39, 0.29) is 11.9 Å². The lowest BCUT2D eigenvalue weighted by Crippen LogP contribution is -2.52. The molecule has 0 spiro atoms. The molecule has 1 amide bonds. The summed E-state index contributed by atoms with van der Waals surface area (Å²) in [6.45, 7) is 0.972. The number of esters is 1. The van der Waals surface area contributed by atoms with Crippen LogP contribution in [0.5, 0.6) is 5.75 Å². The van der Waals surface area contributed by atoms with Crippen molar-refractivity contribution in [2.24, 2.45) is 0 Å². The first-order valence-electron chi connectivity index (χ1n) is 9.41. The maximum Gasteiger partial charge on any atom is 0.316 e. The molecule has 2 aliphatic rings. The fourth-order valence-corrected chi connectivity index (χ4v) is 4.43. The third-order valence-electron chi connectivity index (χ3n) is 5.80. The number of hydrogen-bond donors (Lipinski definition) is 0. The molecule has 0 aromatic heterocycles. The summed E-state index contributed by atoms with van der Waals surface area (Å²) in [6, 6.07) is 15.1. The number of fused-ring (bicyclic) bond motifs is 1. The van der Waals surface area contributed by atoms with E-state index in [4.69, 9.17) is 21.1 Å². The van der Waals surface area contributed by atoms with E-state index in [1.54, 1.807) is 17.0 Å². The number of nitrogens with zero attached hydrogens (tertiary/aromatic N) is 1. The quantitative estimate of drug-likeness (QED) is 0.742. The van der Waals surface area contributed by atoms with E-state index in [1.807, 2.05) is 36.4 Å². The van der Waals surface area contributed by atoms with E-state index in [0.717, 1.165) is 11.1 Å². The fourth-order valence-electron chi connectivity index (χ4n) is 4.23. The van der Waals surface area contributed by atoms with Crippen molar-refractivity contribution in [3.8, 4) is 5.75 Å². The number of methoxy groups -OCH3 is 1. The van der Waals surface area contributed by atoms with Crippen LogP contribution < -0.4 is 4.74 Å². The number of benzene rings is 2. The fraction of sp³-hybridized carbons (Fsp3) is 0.364. The SMILES string of the molecule is COC(=O)C1(c2ccccc2)CCN(C(=O)C2Cc3cc(Cl)ccc3O2)CC1. The summed E-state index contributed by atoms with van der Waals surface area (Å²) >= 11 is 6.04. The molecule has 1 fully saturated rings. The Kier molecular flexibility index (Phi) is 5.02. The van der Waals surface area contributed by atoms with E-state index in [2.05, 4.69) is 0 Å². The molecule has 0 N–H and O–H groups in total. The third kappa shape index (κ3) is 3.24. The van der Waals surface area contributed by atoms with Gasteiger partial charge in [-0.25, -0.2) is 0 Å². The van der Waals surface area contributed by atoms with E-state index >= 15 is 0 Å². The lowest BCUT2D eigenvalue weighted by molar-refractivity contribution is -0.152. The number of carbonyl (C=O) groups excluding carboxylic acids is 2. The Morgan fingerprint density at radius 3 is 2.54 bits per heavy atom. The Hall–Kier alpha value is -2.53. The second-order valence-corrected chi connectivity index (χ2v) is 7.76. The van der Waals surface area contributed by atoms with Crippen LogP contribution in [0.3, 0.4) is 0 Å². The molecule has 2 aromatic rings. The Labute approximate surface area is 169 Å². The molecule has 2 aliphatic heterocycles. The number of rotatable bonds is 3. The summed E-state index contributed by atoms with van der Waals surface area (Å²) < 4.78 is 11.0. The number of amides is 1. The van der Waals surface area contributed by atoms with Gasteiger partial charge >= 0.3 is 5.97 Å². The minimum atomic E-state index is -0.709. The first-order chi connectivity index (χ1) is 13.5. The van der Waals surface area contributed by atoms with Gasteiger partial charge in [0.25, 0.3) is 5.91 Å². The highest BCUT2D eigenvalue weighted by Gasteiger charge is 2.46. The largest absolute Gasteiger partial charge is 0.480 e. The van der Waals surface area contributed by atoms with Gasteiger partial charge in [-0.05, 0) is 42.2 Å². The lowest BCUT2D eigenvalue weighted by atomic mass is 9.72. The summed E-state index contributed by atoms with van der Waals surface area (Å²) in [6.07, 6.45) is 1.05. The van der Waals surface area contributed by atoms with E-state index in [9.17, 15) is 9.59 Å². The van der Waals surface area contributed by atoms with Gasteiger partial charge in [0.15, 0.2) is 6.10 Å². The molecule has 5 nitrogen and oxygen atoms in total. The topological polar surface area (TPSA) is 55.8 Å². The smallest absolute Gasteiger partial charge is 0.316 e. The van der Waals surface area contributed by atoms with E-state index in [1.165, 1.54) is 7.11 Å². The monoisotopic (exact) mass is 399 g/mol. The average Bonchev–Trinajstić information content (AvgIpc) is 3.16. The first kappa shape index (κ1) is 18.8. The van der Waals surface area contributed by atoms with Crippen molar-refractivity contribution in [3.05, 3.63) is 64.7 Å². The van der Waals surface area contributed by atoms with Gasteiger partial charge in [-0.15, -0.1) is 0 Å². The molecule has 0 saturated carbocycles. The predicted molar refractivity (Wildman–Crippen MR) is 106 cm³/mol. The number of ether oxygens (including phenoxy) is 2. The van der Waals surface area contributed by atoms with Crippen LogP contribution >= 0.6 is 11.6 Å². The molecule has 0 bridgehead atoms. The highest BCUT2D eigenvalue weighted by Crippen LogP contribution is 2.38. The van der Waals surface area contributed by atoms with Gasteiger partial charge in [-0.2, -0.15) is 0 Å². The highest BCUT2D eigenvalue weighted by molar-refractivity contribution is 6.30. The number of halogens is 1. The maximum absolute atomic E-state index is 13.0. The summed E-state index contributed by atoms with van der Waals surface area (Å²) in [7, 11) is 1.42. The molecular formula is C22H22ClNO4. The van der Waals surface area contributed by atoms with Crippen LogP contribution in [0.1, 0.15) is 24.0 Å². The third-order valence-corrected chi connectivity index (χ3v) is 6.04. The minimum Gasteiger partial charge on any atom is -0.480 e. The highest BCUT2D eigenvalue weighted by atomic mass is 35.5.